The number of benzene rings is 8. The molecule has 0 unspecified atom stereocenters. The molecule has 15 rings (SSSR count). The molecule has 0 fully saturated rings. The van der Waals surface area contributed by atoms with Crippen molar-refractivity contribution in [1.29, 1.82) is 0 Å². The number of carbonyl (C=O) groups excluding carboxylic acids is 4. The molecule has 384 valence electrons. The molecule has 0 atom stereocenters. The lowest BCUT2D eigenvalue weighted by Gasteiger charge is -2.18. The Balaban J connectivity index is 0.981. The van der Waals surface area contributed by atoms with Gasteiger partial charge in [0.1, 0.15) is 75.9 Å². The largest absolute Gasteiger partial charge is 0.488 e. The van der Waals surface area contributed by atoms with E-state index in [1.54, 1.807) is 72.8 Å². The molecule has 0 N–H and O–H groups in total. The summed E-state index contributed by atoms with van der Waals surface area (Å²) in [7, 11) is 0. The van der Waals surface area contributed by atoms with E-state index in [4.69, 9.17) is 37.9 Å². The molecule has 8 aromatic rings. The van der Waals surface area contributed by atoms with Gasteiger partial charge in [0.05, 0.1) is 25.7 Å². The van der Waals surface area contributed by atoms with Crippen LogP contribution in [0, 0.1) is 0 Å². The Bertz CT molecular complexity index is 2760. The predicted molar refractivity (Wildman–Crippen MR) is 283 cm³/mol. The van der Waals surface area contributed by atoms with E-state index in [0.717, 1.165) is 22.3 Å². The standard InChI is InChI=1S/C64H56O12/c65-61-29-45-21-23-47(24-22-45)31-63(67)75-43-55-35-60(72-40-52-19-11-4-12-20-52)56(36-59(55)71-39-51-17-9-3-10-18-51)44-76-64(68)32-48-27-25-46(26-28-48)30-62(66)74-42-54-33-57(69-37-49-13-5-1-6-14-49)53(41-73-61)34-58(54)70-38-50-15-7-2-8-16-50/h1-28,33-36H,29-32,37-44H2. The molecule has 76 heavy (non-hydrogen) atoms. The van der Waals surface area contributed by atoms with E-state index in [9.17, 15) is 19.2 Å². The van der Waals surface area contributed by atoms with E-state index < -0.39 is 23.9 Å². The highest BCUT2D eigenvalue weighted by Crippen LogP contribution is 2.34. The van der Waals surface area contributed by atoms with Crippen LogP contribution in [0.2, 0.25) is 0 Å². The average Bonchev–Trinajstić information content (AvgIpc) is 3.45. The zero-order valence-corrected chi connectivity index (χ0v) is 41.9. The van der Waals surface area contributed by atoms with Crippen molar-refractivity contribution >= 4 is 23.9 Å². The van der Waals surface area contributed by atoms with Crippen LogP contribution >= 0.6 is 0 Å². The summed E-state index contributed by atoms with van der Waals surface area (Å²) in [5, 5.41) is 0. The van der Waals surface area contributed by atoms with Crippen LogP contribution in [0.15, 0.2) is 194 Å². The topological polar surface area (TPSA) is 142 Å². The highest BCUT2D eigenvalue weighted by molar-refractivity contribution is 5.75. The number of carbonyl (C=O) groups is 4. The fraction of sp³-hybridized carbons (Fsp3) is 0.188. The van der Waals surface area contributed by atoms with Crippen LogP contribution in [0.1, 0.15) is 66.8 Å². The van der Waals surface area contributed by atoms with Crippen LogP contribution in [0.3, 0.4) is 0 Å². The summed E-state index contributed by atoms with van der Waals surface area (Å²) in [4.78, 5) is 53.9. The maximum atomic E-state index is 13.5. The lowest BCUT2D eigenvalue weighted by atomic mass is 10.1. The lowest BCUT2D eigenvalue weighted by Crippen LogP contribution is -2.12. The number of hydrogen-bond acceptors (Lipinski definition) is 12. The molecule has 7 heterocycles. The molecule has 0 spiro atoms. The van der Waals surface area contributed by atoms with Crippen molar-refractivity contribution in [2.75, 3.05) is 0 Å². The van der Waals surface area contributed by atoms with Crippen molar-refractivity contribution in [3.63, 3.8) is 0 Å². The molecule has 8 bridgehead atoms. The van der Waals surface area contributed by atoms with Crippen LogP contribution in [0.25, 0.3) is 0 Å². The van der Waals surface area contributed by atoms with Gasteiger partial charge in [0.2, 0.25) is 0 Å². The van der Waals surface area contributed by atoms with Gasteiger partial charge in [0, 0.05) is 22.3 Å². The number of esters is 4. The van der Waals surface area contributed by atoms with E-state index in [0.29, 0.717) is 67.5 Å². The fourth-order valence-electron chi connectivity index (χ4n) is 8.27. The highest BCUT2D eigenvalue weighted by Gasteiger charge is 2.20. The molecule has 0 saturated carbocycles. The molecule has 0 saturated heterocycles. The van der Waals surface area contributed by atoms with Crippen molar-refractivity contribution in [2.45, 2.75) is 78.5 Å². The average molecular weight is 1020 g/mol. The Morgan fingerprint density at radius 1 is 0.276 bits per heavy atom. The van der Waals surface area contributed by atoms with Gasteiger partial charge in [-0.2, -0.15) is 0 Å². The fourth-order valence-corrected chi connectivity index (χ4v) is 8.27. The molecule has 12 nitrogen and oxygen atoms in total. The second-order valence-corrected chi connectivity index (χ2v) is 18.2. The summed E-state index contributed by atoms with van der Waals surface area (Å²) in [6, 6.07) is 59.9. The lowest BCUT2D eigenvalue weighted by molar-refractivity contribution is -0.145. The van der Waals surface area contributed by atoms with Crippen LogP contribution in [-0.2, 0) is 117 Å². The van der Waals surface area contributed by atoms with Gasteiger partial charge in [0.15, 0.2) is 0 Å². The minimum absolute atomic E-state index is 0.0330. The molecule has 0 amide bonds. The third-order valence-corrected chi connectivity index (χ3v) is 12.4. The summed E-state index contributed by atoms with van der Waals surface area (Å²) in [5.41, 5.74) is 8.62. The molecule has 8 aromatic carbocycles. The first-order chi connectivity index (χ1) is 37.2. The summed E-state index contributed by atoms with van der Waals surface area (Å²) in [5.74, 6) is -0.214. The van der Waals surface area contributed by atoms with Crippen molar-refractivity contribution in [3.8, 4) is 23.0 Å². The maximum Gasteiger partial charge on any atom is 0.310 e. The Morgan fingerprint density at radius 2 is 0.474 bits per heavy atom. The first-order valence-electron chi connectivity index (χ1n) is 25.0. The minimum atomic E-state index is -0.480. The smallest absolute Gasteiger partial charge is 0.310 e. The van der Waals surface area contributed by atoms with Crippen molar-refractivity contribution in [2.24, 2.45) is 0 Å². The highest BCUT2D eigenvalue weighted by atomic mass is 16.6. The normalized spacial score (nSPS) is 13.6. The zero-order valence-electron chi connectivity index (χ0n) is 41.9. The predicted octanol–water partition coefficient (Wildman–Crippen LogP) is 11.5. The SMILES string of the molecule is O=C1Cc2ccc(cc2)CC(=O)OCc2cc(OCc3ccccc3)c(cc2OCc2ccccc2)COC(=O)Cc2ccc(cc2)CC(=O)OCc2cc(OCc3ccccc3)c(cc2OCc2ccccc2)CO1. The first kappa shape index (κ1) is 51.7. The monoisotopic (exact) mass is 1020 g/mol. The molecular weight excluding hydrogens is 961 g/mol. The second-order valence-electron chi connectivity index (χ2n) is 18.2. The Hall–Kier alpha value is -9.16. The van der Waals surface area contributed by atoms with Crippen LogP contribution in [0.4, 0.5) is 0 Å². The molecule has 0 aromatic heterocycles. The summed E-state index contributed by atoms with van der Waals surface area (Å²) in [6.07, 6.45) is -0.132. The third kappa shape index (κ3) is 15.4. The van der Waals surface area contributed by atoms with Crippen LogP contribution < -0.4 is 18.9 Å². The molecular formula is C64H56O12. The van der Waals surface area contributed by atoms with Gasteiger partial charge < -0.3 is 37.9 Å². The van der Waals surface area contributed by atoms with Gasteiger partial charge in [-0.05, 0) is 68.8 Å². The minimum Gasteiger partial charge on any atom is -0.488 e. The molecule has 12 heteroatoms. The summed E-state index contributed by atoms with van der Waals surface area (Å²) in [6.45, 7) is 0.357. The molecule has 0 radical (unpaired) electrons. The Morgan fingerprint density at radius 3 is 0.671 bits per heavy atom. The third-order valence-electron chi connectivity index (χ3n) is 12.4. The van der Waals surface area contributed by atoms with Gasteiger partial charge >= 0.3 is 23.9 Å². The van der Waals surface area contributed by atoms with Crippen molar-refractivity contribution in [1.82, 2.24) is 0 Å². The van der Waals surface area contributed by atoms with Gasteiger partial charge in [0.25, 0.3) is 0 Å². The zero-order chi connectivity index (χ0) is 52.3. The number of rotatable bonds is 12. The van der Waals surface area contributed by atoms with Crippen LogP contribution in [-0.4, -0.2) is 23.9 Å². The summed E-state index contributed by atoms with van der Waals surface area (Å²) < 4.78 is 49.0. The van der Waals surface area contributed by atoms with Crippen LogP contribution in [0.5, 0.6) is 23.0 Å². The van der Waals surface area contributed by atoms with E-state index in [-0.39, 0.29) is 78.5 Å². The first-order valence-corrected chi connectivity index (χ1v) is 25.0. The van der Waals surface area contributed by atoms with Gasteiger partial charge in [-0.3, -0.25) is 19.2 Å². The maximum absolute atomic E-state index is 13.5. The molecule has 7 aliphatic heterocycles. The second kappa shape index (κ2) is 26.2. The van der Waals surface area contributed by atoms with Gasteiger partial charge in [-0.1, -0.05) is 170 Å². The van der Waals surface area contributed by atoms with E-state index >= 15 is 0 Å². The Kier molecular flexibility index (Phi) is 17.8. The quantitative estimate of drug-likeness (QED) is 0.0849. The molecule has 0 aliphatic carbocycles. The van der Waals surface area contributed by atoms with E-state index in [1.807, 2.05) is 121 Å². The number of hydrogen-bond donors (Lipinski definition) is 0. The Labute approximate surface area is 441 Å². The van der Waals surface area contributed by atoms with Gasteiger partial charge in [-0.15, -0.1) is 0 Å². The summed E-state index contributed by atoms with van der Waals surface area (Å²) >= 11 is 0. The van der Waals surface area contributed by atoms with Crippen molar-refractivity contribution in [3.05, 3.63) is 261 Å². The van der Waals surface area contributed by atoms with E-state index in [1.165, 1.54) is 0 Å². The van der Waals surface area contributed by atoms with Gasteiger partial charge in [-0.25, -0.2) is 0 Å². The van der Waals surface area contributed by atoms with Crippen molar-refractivity contribution < 1.29 is 57.1 Å². The number of ether oxygens (including phenoxy) is 8. The molecule has 7 aliphatic rings. The van der Waals surface area contributed by atoms with E-state index in [2.05, 4.69) is 0 Å².